The van der Waals surface area contributed by atoms with Gasteiger partial charge in [-0.15, -0.1) is 11.3 Å². The summed E-state index contributed by atoms with van der Waals surface area (Å²) in [6, 6.07) is 10.3. The first kappa shape index (κ1) is 18.2. The second kappa shape index (κ2) is 7.84. The van der Waals surface area contributed by atoms with Gasteiger partial charge < -0.3 is 15.0 Å². The normalized spacial score (nSPS) is 16.5. The average molecular weight is 384 g/mol. The van der Waals surface area contributed by atoms with E-state index >= 15 is 0 Å². The highest BCUT2D eigenvalue weighted by atomic mass is 32.1. The van der Waals surface area contributed by atoms with E-state index in [2.05, 4.69) is 46.6 Å². The second-order valence-electron chi connectivity index (χ2n) is 7.02. The number of H-pyrrole nitrogens is 1. The van der Waals surface area contributed by atoms with Gasteiger partial charge in [-0.05, 0) is 49.1 Å². The molecule has 0 spiro atoms. The molecule has 1 atom stereocenters. The topological polar surface area (TPSA) is 57.4 Å². The molecule has 0 unspecified atom stereocenters. The van der Waals surface area contributed by atoms with E-state index in [4.69, 9.17) is 4.74 Å². The van der Waals surface area contributed by atoms with Crippen LogP contribution < -0.4 is 5.32 Å². The van der Waals surface area contributed by atoms with Crippen LogP contribution in [-0.2, 0) is 4.74 Å². The fourth-order valence-electron chi connectivity index (χ4n) is 3.67. The number of hydrogen-bond donors (Lipinski definition) is 2. The van der Waals surface area contributed by atoms with Crippen LogP contribution in [0.4, 0.5) is 0 Å². The molecule has 2 N–H and O–H groups in total. The van der Waals surface area contributed by atoms with E-state index in [9.17, 15) is 4.79 Å². The number of hydrogen-bond acceptors (Lipinski definition) is 4. The van der Waals surface area contributed by atoms with E-state index in [0.29, 0.717) is 12.1 Å². The molecule has 2 aromatic heterocycles. The summed E-state index contributed by atoms with van der Waals surface area (Å²) < 4.78 is 5.49. The van der Waals surface area contributed by atoms with Crippen molar-refractivity contribution in [1.29, 1.82) is 0 Å². The lowest BCUT2D eigenvalue weighted by molar-refractivity contribution is 0.0169. The largest absolute Gasteiger partial charge is 0.379 e. The Morgan fingerprint density at radius 1 is 1.30 bits per heavy atom. The number of carbonyl (C=O) groups excluding carboxylic acids is 1. The number of ether oxygens (including phenoxy) is 1. The third kappa shape index (κ3) is 3.78. The number of carbonyl (C=O) groups is 1. The number of aryl methyl sites for hydroxylation is 2. The van der Waals surface area contributed by atoms with Crippen LogP contribution in [0.1, 0.15) is 32.5 Å². The molecule has 0 aliphatic carbocycles. The molecule has 5 nitrogen and oxygen atoms in total. The molecular formula is C21H25N3O2S. The minimum atomic E-state index is -0.0232. The van der Waals surface area contributed by atoms with Gasteiger partial charge in [-0.25, -0.2) is 0 Å². The van der Waals surface area contributed by atoms with Gasteiger partial charge >= 0.3 is 0 Å². The molecule has 1 fully saturated rings. The molecule has 1 aliphatic rings. The van der Waals surface area contributed by atoms with Gasteiger partial charge in [0.1, 0.15) is 0 Å². The fraction of sp³-hybridized carbons (Fsp3) is 0.381. The van der Waals surface area contributed by atoms with Crippen molar-refractivity contribution < 1.29 is 9.53 Å². The molecule has 0 radical (unpaired) electrons. The summed E-state index contributed by atoms with van der Waals surface area (Å²) in [6.45, 7) is 8.03. The van der Waals surface area contributed by atoms with Gasteiger partial charge in [-0.2, -0.15) is 0 Å². The average Bonchev–Trinajstić information content (AvgIpc) is 3.31. The lowest BCUT2D eigenvalue weighted by Crippen LogP contribution is -2.43. The Kier molecular flexibility index (Phi) is 5.29. The van der Waals surface area contributed by atoms with Gasteiger partial charge in [-0.1, -0.05) is 6.07 Å². The second-order valence-corrected chi connectivity index (χ2v) is 8.00. The maximum absolute atomic E-state index is 12.8. The number of aromatic amines is 1. The third-order valence-electron chi connectivity index (χ3n) is 5.38. The van der Waals surface area contributed by atoms with Crippen LogP contribution in [0.25, 0.3) is 10.9 Å². The summed E-state index contributed by atoms with van der Waals surface area (Å²) in [5.74, 6) is -0.0232. The first-order valence-corrected chi connectivity index (χ1v) is 10.2. The van der Waals surface area contributed by atoms with E-state index in [-0.39, 0.29) is 11.9 Å². The van der Waals surface area contributed by atoms with E-state index in [1.54, 1.807) is 11.3 Å². The molecule has 3 heterocycles. The molecule has 27 heavy (non-hydrogen) atoms. The molecule has 1 saturated heterocycles. The Morgan fingerprint density at radius 2 is 2.11 bits per heavy atom. The molecule has 6 heteroatoms. The van der Waals surface area contributed by atoms with Crippen LogP contribution in [-0.4, -0.2) is 48.6 Å². The van der Waals surface area contributed by atoms with E-state index < -0.39 is 0 Å². The van der Waals surface area contributed by atoms with Gasteiger partial charge in [0.05, 0.1) is 19.3 Å². The van der Waals surface area contributed by atoms with Gasteiger partial charge in [-0.3, -0.25) is 9.69 Å². The predicted octanol–water partition coefficient (Wildman–Crippen LogP) is 3.65. The van der Waals surface area contributed by atoms with Crippen LogP contribution in [0, 0.1) is 13.8 Å². The number of nitrogens with one attached hydrogen (secondary N) is 2. The van der Waals surface area contributed by atoms with Crippen LogP contribution in [0.3, 0.4) is 0 Å². The Labute approximate surface area is 163 Å². The lowest BCUT2D eigenvalue weighted by Gasteiger charge is -2.34. The quantitative estimate of drug-likeness (QED) is 0.707. The maximum Gasteiger partial charge on any atom is 0.251 e. The minimum absolute atomic E-state index is 0.0232. The number of amides is 1. The SMILES string of the molecule is Cc1[nH]c2ccc(C(=O)NC[C@H](c3cccs3)N3CCOCC3)cc2c1C. The highest BCUT2D eigenvalue weighted by Gasteiger charge is 2.24. The summed E-state index contributed by atoms with van der Waals surface area (Å²) in [5, 5.41) is 6.36. The number of morpholine rings is 1. The van der Waals surface area contributed by atoms with Crippen molar-refractivity contribution in [3.8, 4) is 0 Å². The van der Waals surface area contributed by atoms with Crippen molar-refractivity contribution in [2.45, 2.75) is 19.9 Å². The highest BCUT2D eigenvalue weighted by Crippen LogP contribution is 2.26. The van der Waals surface area contributed by atoms with Crippen molar-refractivity contribution >= 4 is 28.1 Å². The van der Waals surface area contributed by atoms with Gasteiger partial charge in [0, 0.05) is 46.7 Å². The number of rotatable bonds is 5. The minimum Gasteiger partial charge on any atom is -0.379 e. The standard InChI is InChI=1S/C21H25N3O2S/c1-14-15(2)23-18-6-5-16(12-17(14)18)21(25)22-13-19(20-4-3-11-27-20)24-7-9-26-10-8-24/h3-6,11-12,19,23H,7-10,13H2,1-2H3,(H,22,25)/t19-/m1/s1. The van der Waals surface area contributed by atoms with Crippen molar-refractivity contribution in [1.82, 2.24) is 15.2 Å². The van der Waals surface area contributed by atoms with Crippen molar-refractivity contribution in [2.24, 2.45) is 0 Å². The monoisotopic (exact) mass is 383 g/mol. The van der Waals surface area contributed by atoms with E-state index in [1.807, 2.05) is 18.2 Å². The lowest BCUT2D eigenvalue weighted by atomic mass is 10.1. The van der Waals surface area contributed by atoms with Crippen molar-refractivity contribution in [3.63, 3.8) is 0 Å². The van der Waals surface area contributed by atoms with Gasteiger partial charge in [0.2, 0.25) is 0 Å². The highest BCUT2D eigenvalue weighted by molar-refractivity contribution is 7.10. The number of benzene rings is 1. The molecular weight excluding hydrogens is 358 g/mol. The fourth-order valence-corrected chi connectivity index (χ4v) is 4.53. The molecule has 1 aliphatic heterocycles. The number of aromatic nitrogens is 1. The Hall–Kier alpha value is -2.15. The van der Waals surface area contributed by atoms with Crippen LogP contribution >= 0.6 is 11.3 Å². The van der Waals surface area contributed by atoms with Gasteiger partial charge in [0.25, 0.3) is 5.91 Å². The summed E-state index contributed by atoms with van der Waals surface area (Å²) >= 11 is 1.74. The zero-order valence-electron chi connectivity index (χ0n) is 15.7. The number of thiophene rings is 1. The molecule has 1 aromatic carbocycles. The Bertz CT molecular complexity index is 926. The van der Waals surface area contributed by atoms with Crippen molar-refractivity contribution in [2.75, 3.05) is 32.8 Å². The molecule has 0 bridgehead atoms. The van der Waals surface area contributed by atoms with E-state index in [1.165, 1.54) is 10.4 Å². The van der Waals surface area contributed by atoms with E-state index in [0.717, 1.165) is 42.9 Å². The summed E-state index contributed by atoms with van der Waals surface area (Å²) in [6.07, 6.45) is 0. The first-order valence-electron chi connectivity index (χ1n) is 9.36. The summed E-state index contributed by atoms with van der Waals surface area (Å²) in [4.78, 5) is 19.8. The molecule has 0 saturated carbocycles. The van der Waals surface area contributed by atoms with Crippen LogP contribution in [0.5, 0.6) is 0 Å². The Morgan fingerprint density at radius 3 is 2.85 bits per heavy atom. The molecule has 1 amide bonds. The zero-order valence-corrected chi connectivity index (χ0v) is 16.6. The molecule has 4 rings (SSSR count). The molecule has 142 valence electrons. The van der Waals surface area contributed by atoms with Crippen molar-refractivity contribution in [3.05, 3.63) is 57.4 Å². The molecule has 3 aromatic rings. The zero-order chi connectivity index (χ0) is 18.8. The van der Waals surface area contributed by atoms with Crippen LogP contribution in [0.15, 0.2) is 35.7 Å². The summed E-state index contributed by atoms with van der Waals surface area (Å²) in [5.41, 5.74) is 4.12. The maximum atomic E-state index is 12.8. The van der Waals surface area contributed by atoms with Crippen LogP contribution in [0.2, 0.25) is 0 Å². The van der Waals surface area contributed by atoms with Gasteiger partial charge in [0.15, 0.2) is 0 Å². The number of fused-ring (bicyclic) bond motifs is 1. The number of nitrogens with zero attached hydrogens (tertiary/aromatic N) is 1. The summed E-state index contributed by atoms with van der Waals surface area (Å²) in [7, 11) is 0. The predicted molar refractivity (Wildman–Crippen MR) is 110 cm³/mol. The first-order chi connectivity index (χ1) is 13.1. The third-order valence-corrected chi connectivity index (χ3v) is 6.36. The smallest absolute Gasteiger partial charge is 0.251 e. The Balaban J connectivity index is 1.50.